The van der Waals surface area contributed by atoms with Crippen LogP contribution in [0.15, 0.2) is 42.5 Å². The van der Waals surface area contributed by atoms with E-state index >= 15 is 0 Å². The topological polar surface area (TPSA) is 9.23 Å². The molecule has 1 aliphatic carbocycles. The second-order valence-corrected chi connectivity index (χ2v) is 5.21. The summed E-state index contributed by atoms with van der Waals surface area (Å²) in [5.41, 5.74) is 5.61. The molecular formula is C18H20O. The number of fused-ring (bicyclic) bond motifs is 1. The summed E-state index contributed by atoms with van der Waals surface area (Å²) in [4.78, 5) is 0. The van der Waals surface area contributed by atoms with Gasteiger partial charge in [0.25, 0.3) is 0 Å². The Morgan fingerprint density at radius 2 is 1.84 bits per heavy atom. The SMILES string of the molecule is CCc1ccccc1OCc1ccc2c(c1)CCC2. The molecule has 0 fully saturated rings. The quantitative estimate of drug-likeness (QED) is 0.787. The summed E-state index contributed by atoms with van der Waals surface area (Å²) in [6.45, 7) is 2.84. The van der Waals surface area contributed by atoms with Crippen molar-refractivity contribution in [3.63, 3.8) is 0 Å². The van der Waals surface area contributed by atoms with Crippen LogP contribution in [0, 0.1) is 0 Å². The lowest BCUT2D eigenvalue weighted by Crippen LogP contribution is -1.99. The standard InChI is InChI=1S/C18H20O/c1-2-15-6-3-4-9-18(15)19-13-14-10-11-16-7-5-8-17(16)12-14/h3-4,6,9-12H,2,5,7-8,13H2,1H3. The number of hydrogen-bond acceptors (Lipinski definition) is 1. The van der Waals surface area contributed by atoms with Gasteiger partial charge in [0.1, 0.15) is 12.4 Å². The van der Waals surface area contributed by atoms with Crippen LogP contribution in [0.2, 0.25) is 0 Å². The van der Waals surface area contributed by atoms with Crippen LogP contribution in [0.1, 0.15) is 35.6 Å². The van der Waals surface area contributed by atoms with E-state index in [9.17, 15) is 0 Å². The Morgan fingerprint density at radius 3 is 2.74 bits per heavy atom. The highest BCUT2D eigenvalue weighted by Gasteiger charge is 2.11. The maximum absolute atomic E-state index is 5.97. The first-order chi connectivity index (χ1) is 9.36. The van der Waals surface area contributed by atoms with Crippen LogP contribution in [-0.2, 0) is 25.9 Å². The monoisotopic (exact) mass is 252 g/mol. The van der Waals surface area contributed by atoms with E-state index in [1.54, 1.807) is 0 Å². The molecule has 0 unspecified atom stereocenters. The molecule has 0 bridgehead atoms. The molecule has 3 rings (SSSR count). The van der Waals surface area contributed by atoms with Gasteiger partial charge in [0.15, 0.2) is 0 Å². The predicted molar refractivity (Wildman–Crippen MR) is 78.6 cm³/mol. The number of aryl methyl sites for hydroxylation is 3. The second kappa shape index (κ2) is 5.48. The van der Waals surface area contributed by atoms with Crippen LogP contribution in [0.3, 0.4) is 0 Å². The highest BCUT2D eigenvalue weighted by Crippen LogP contribution is 2.24. The Morgan fingerprint density at radius 1 is 1.00 bits per heavy atom. The van der Waals surface area contributed by atoms with Crippen molar-refractivity contribution in [2.24, 2.45) is 0 Å². The molecule has 0 N–H and O–H groups in total. The van der Waals surface area contributed by atoms with Gasteiger partial charge in [-0.15, -0.1) is 0 Å². The Balaban J connectivity index is 1.72. The van der Waals surface area contributed by atoms with Crippen LogP contribution in [0.5, 0.6) is 5.75 Å². The molecular weight excluding hydrogens is 232 g/mol. The van der Waals surface area contributed by atoms with E-state index in [0.29, 0.717) is 6.61 Å². The van der Waals surface area contributed by atoms with Crippen molar-refractivity contribution in [3.05, 3.63) is 64.7 Å². The summed E-state index contributed by atoms with van der Waals surface area (Å²) >= 11 is 0. The van der Waals surface area contributed by atoms with Gasteiger partial charge in [-0.1, -0.05) is 43.3 Å². The van der Waals surface area contributed by atoms with Gasteiger partial charge in [0.2, 0.25) is 0 Å². The van der Waals surface area contributed by atoms with Crippen molar-refractivity contribution in [2.75, 3.05) is 0 Å². The maximum atomic E-state index is 5.97. The normalized spacial score (nSPS) is 13.3. The van der Waals surface area contributed by atoms with Crippen molar-refractivity contribution < 1.29 is 4.74 Å². The van der Waals surface area contributed by atoms with Crippen LogP contribution < -0.4 is 4.74 Å². The number of benzene rings is 2. The average Bonchev–Trinajstić information content (AvgIpc) is 2.93. The van der Waals surface area contributed by atoms with Crippen molar-refractivity contribution in [1.29, 1.82) is 0 Å². The summed E-state index contributed by atoms with van der Waals surface area (Å²) < 4.78 is 5.97. The third-order valence-electron chi connectivity index (χ3n) is 3.91. The predicted octanol–water partition coefficient (Wildman–Crippen LogP) is 4.32. The molecule has 0 spiro atoms. The zero-order valence-corrected chi connectivity index (χ0v) is 11.5. The largest absolute Gasteiger partial charge is 0.489 e. The van der Waals surface area contributed by atoms with E-state index in [-0.39, 0.29) is 0 Å². The van der Waals surface area contributed by atoms with Crippen LogP contribution in [0.4, 0.5) is 0 Å². The Labute approximate surface area is 115 Å². The number of para-hydroxylation sites is 1. The Kier molecular flexibility index (Phi) is 3.54. The van der Waals surface area contributed by atoms with Crippen molar-refractivity contribution in [3.8, 4) is 5.75 Å². The number of ether oxygens (including phenoxy) is 1. The van der Waals surface area contributed by atoms with Crippen molar-refractivity contribution in [1.82, 2.24) is 0 Å². The molecule has 0 saturated carbocycles. The van der Waals surface area contributed by atoms with Gasteiger partial charge in [-0.3, -0.25) is 0 Å². The van der Waals surface area contributed by atoms with E-state index < -0.39 is 0 Å². The maximum Gasteiger partial charge on any atom is 0.122 e. The minimum absolute atomic E-state index is 0.671. The molecule has 0 saturated heterocycles. The zero-order chi connectivity index (χ0) is 13.1. The molecule has 2 aromatic rings. The molecule has 1 nitrogen and oxygen atoms in total. The van der Waals surface area contributed by atoms with Crippen molar-refractivity contribution >= 4 is 0 Å². The summed E-state index contributed by atoms with van der Waals surface area (Å²) in [6.07, 6.45) is 4.79. The molecule has 0 heterocycles. The van der Waals surface area contributed by atoms with Gasteiger partial charge in [0, 0.05) is 0 Å². The molecule has 2 aromatic carbocycles. The lowest BCUT2D eigenvalue weighted by Gasteiger charge is -2.11. The van der Waals surface area contributed by atoms with Crippen LogP contribution in [-0.4, -0.2) is 0 Å². The minimum Gasteiger partial charge on any atom is -0.489 e. The average molecular weight is 252 g/mol. The third kappa shape index (κ3) is 2.65. The fourth-order valence-corrected chi connectivity index (χ4v) is 2.81. The first-order valence-electron chi connectivity index (χ1n) is 7.18. The molecule has 0 radical (unpaired) electrons. The molecule has 0 aromatic heterocycles. The fraction of sp³-hybridized carbons (Fsp3) is 0.333. The molecule has 0 atom stereocenters. The van der Waals surface area contributed by atoms with E-state index in [0.717, 1.165) is 12.2 Å². The van der Waals surface area contributed by atoms with Gasteiger partial charge >= 0.3 is 0 Å². The lowest BCUT2D eigenvalue weighted by atomic mass is 10.1. The summed E-state index contributed by atoms with van der Waals surface area (Å²) in [6, 6.07) is 15.1. The van der Waals surface area contributed by atoms with Crippen LogP contribution in [0.25, 0.3) is 0 Å². The fourth-order valence-electron chi connectivity index (χ4n) is 2.81. The molecule has 1 heteroatoms. The van der Waals surface area contributed by atoms with Gasteiger partial charge in [-0.05, 0) is 54.0 Å². The van der Waals surface area contributed by atoms with Crippen LogP contribution >= 0.6 is 0 Å². The molecule has 19 heavy (non-hydrogen) atoms. The molecule has 0 aliphatic heterocycles. The van der Waals surface area contributed by atoms with Crippen molar-refractivity contribution in [2.45, 2.75) is 39.2 Å². The first-order valence-corrected chi connectivity index (χ1v) is 7.18. The van der Waals surface area contributed by atoms with Gasteiger partial charge in [-0.25, -0.2) is 0 Å². The zero-order valence-electron chi connectivity index (χ0n) is 11.5. The summed E-state index contributed by atoms with van der Waals surface area (Å²) in [7, 11) is 0. The lowest BCUT2D eigenvalue weighted by molar-refractivity contribution is 0.303. The molecule has 98 valence electrons. The number of rotatable bonds is 4. The van der Waals surface area contributed by atoms with Gasteiger partial charge in [0.05, 0.1) is 0 Å². The highest BCUT2D eigenvalue weighted by atomic mass is 16.5. The molecule has 1 aliphatic rings. The minimum atomic E-state index is 0.671. The van der Waals surface area contributed by atoms with E-state index in [1.165, 1.54) is 41.5 Å². The third-order valence-corrected chi connectivity index (χ3v) is 3.91. The van der Waals surface area contributed by atoms with E-state index in [1.807, 2.05) is 6.07 Å². The first kappa shape index (κ1) is 12.3. The van der Waals surface area contributed by atoms with Gasteiger partial charge < -0.3 is 4.74 Å². The smallest absolute Gasteiger partial charge is 0.122 e. The number of hydrogen-bond donors (Lipinski definition) is 0. The Bertz CT molecular complexity index is 572. The molecule has 0 amide bonds. The van der Waals surface area contributed by atoms with E-state index in [2.05, 4.69) is 43.3 Å². The highest BCUT2D eigenvalue weighted by molar-refractivity contribution is 5.36. The van der Waals surface area contributed by atoms with Gasteiger partial charge in [-0.2, -0.15) is 0 Å². The Hall–Kier alpha value is -1.76. The summed E-state index contributed by atoms with van der Waals surface area (Å²) in [5, 5.41) is 0. The second-order valence-electron chi connectivity index (χ2n) is 5.21. The summed E-state index contributed by atoms with van der Waals surface area (Å²) in [5.74, 6) is 1.02. The van der Waals surface area contributed by atoms with E-state index in [4.69, 9.17) is 4.74 Å².